The quantitative estimate of drug-likeness (QED) is 0.624. The molecule has 1 aliphatic carbocycles. The van der Waals surface area contributed by atoms with Crippen LogP contribution in [0.15, 0.2) is 60.9 Å². The highest BCUT2D eigenvalue weighted by Gasteiger charge is 2.26. The van der Waals surface area contributed by atoms with Crippen molar-refractivity contribution in [2.75, 3.05) is 13.9 Å². The maximum Gasteiger partial charge on any atom is 0.231 e. The van der Waals surface area contributed by atoms with Gasteiger partial charge >= 0.3 is 0 Å². The first-order chi connectivity index (χ1) is 13.3. The van der Waals surface area contributed by atoms with Crippen LogP contribution in [-0.2, 0) is 0 Å². The molecule has 0 saturated carbocycles. The molecule has 27 heavy (non-hydrogen) atoms. The van der Waals surface area contributed by atoms with Crippen LogP contribution in [-0.4, -0.2) is 23.5 Å². The minimum absolute atomic E-state index is 0.235. The molecule has 5 heteroatoms. The van der Waals surface area contributed by atoms with Crippen LogP contribution in [0.5, 0.6) is 17.2 Å². The first kappa shape index (κ1) is 16.0. The maximum absolute atomic E-state index is 5.71. The second-order valence-electron chi connectivity index (χ2n) is 6.72. The number of hydrogen-bond acceptors (Lipinski definition) is 4. The van der Waals surface area contributed by atoms with Gasteiger partial charge in [-0.25, -0.2) is 4.98 Å². The number of nitrogens with zero attached hydrogens (tertiary/aromatic N) is 2. The van der Waals surface area contributed by atoms with Crippen LogP contribution in [0.25, 0.3) is 22.5 Å². The molecule has 2 heterocycles. The molecule has 0 unspecified atom stereocenters. The predicted octanol–water partition coefficient (Wildman–Crippen LogP) is 4.85. The second kappa shape index (κ2) is 6.50. The molecular formula is C22H20N2O3. The van der Waals surface area contributed by atoms with Gasteiger partial charge in [0.05, 0.1) is 24.8 Å². The lowest BCUT2D eigenvalue weighted by molar-refractivity contribution is 0.174. The van der Waals surface area contributed by atoms with Crippen LogP contribution in [0.3, 0.4) is 0 Å². The summed E-state index contributed by atoms with van der Waals surface area (Å²) in [7, 11) is 1.68. The molecule has 2 aromatic carbocycles. The molecule has 3 aromatic rings. The van der Waals surface area contributed by atoms with Gasteiger partial charge in [-0.1, -0.05) is 42.5 Å². The third-order valence-electron chi connectivity index (χ3n) is 5.17. The standard InChI is InChI=1S/C22H20N2O3/c1-25-18-12-20-19(26-14-27-20)11-17(18)22-21(15-7-3-2-4-8-15)23-13-24(22)16-9-5-6-10-16/h2-8,11-13,16H,9-10,14H2,1H3. The Kier molecular flexibility index (Phi) is 3.85. The highest BCUT2D eigenvalue weighted by molar-refractivity contribution is 5.83. The molecule has 5 rings (SSSR count). The summed E-state index contributed by atoms with van der Waals surface area (Å²) in [5.41, 5.74) is 4.03. The van der Waals surface area contributed by atoms with Crippen molar-refractivity contribution < 1.29 is 14.2 Å². The van der Waals surface area contributed by atoms with Gasteiger partial charge in [0.1, 0.15) is 5.75 Å². The lowest BCUT2D eigenvalue weighted by Gasteiger charge is -2.18. The Balaban J connectivity index is 1.74. The van der Waals surface area contributed by atoms with Crippen molar-refractivity contribution >= 4 is 0 Å². The normalized spacial score (nSPS) is 15.4. The molecule has 0 radical (unpaired) electrons. The monoisotopic (exact) mass is 360 g/mol. The summed E-state index contributed by atoms with van der Waals surface area (Å²) in [6.07, 6.45) is 8.41. The highest BCUT2D eigenvalue weighted by atomic mass is 16.7. The second-order valence-corrected chi connectivity index (χ2v) is 6.72. The fourth-order valence-corrected chi connectivity index (χ4v) is 3.82. The average Bonchev–Trinajstić information content (AvgIpc) is 3.46. The van der Waals surface area contributed by atoms with E-state index in [1.54, 1.807) is 7.11 Å². The van der Waals surface area contributed by atoms with Crippen LogP contribution >= 0.6 is 0 Å². The van der Waals surface area contributed by atoms with Crippen LogP contribution in [0.1, 0.15) is 18.9 Å². The van der Waals surface area contributed by atoms with E-state index in [4.69, 9.17) is 19.2 Å². The van der Waals surface area contributed by atoms with Crippen LogP contribution < -0.4 is 14.2 Å². The molecule has 0 atom stereocenters. The van der Waals surface area contributed by atoms with Gasteiger partial charge in [-0.3, -0.25) is 0 Å². The lowest BCUT2D eigenvalue weighted by atomic mass is 10.0. The Morgan fingerprint density at radius 1 is 1.04 bits per heavy atom. The zero-order chi connectivity index (χ0) is 18.2. The third kappa shape index (κ3) is 2.67. The Hall–Kier alpha value is -3.21. The maximum atomic E-state index is 5.71. The number of imidazole rings is 1. The SMILES string of the molecule is COc1cc2c(cc1-c1c(-c3ccccc3)ncn1C1CC=CC1)OCO2. The van der Waals surface area contributed by atoms with Gasteiger partial charge in [-0.15, -0.1) is 0 Å². The zero-order valence-corrected chi connectivity index (χ0v) is 15.1. The largest absolute Gasteiger partial charge is 0.496 e. The lowest BCUT2D eigenvalue weighted by Crippen LogP contribution is -2.06. The minimum atomic E-state index is 0.235. The molecule has 0 amide bonds. The Labute approximate surface area is 157 Å². The summed E-state index contributed by atoms with van der Waals surface area (Å²) in [6.45, 7) is 0.235. The molecule has 0 bridgehead atoms. The third-order valence-corrected chi connectivity index (χ3v) is 5.17. The zero-order valence-electron chi connectivity index (χ0n) is 15.1. The van der Waals surface area contributed by atoms with E-state index in [9.17, 15) is 0 Å². The summed E-state index contributed by atoms with van der Waals surface area (Å²) in [6, 6.07) is 14.5. The number of ether oxygens (including phenoxy) is 3. The van der Waals surface area contributed by atoms with Crippen molar-refractivity contribution in [1.29, 1.82) is 0 Å². The number of benzene rings is 2. The number of fused-ring (bicyclic) bond motifs is 1. The smallest absolute Gasteiger partial charge is 0.231 e. The Bertz CT molecular complexity index is 1000. The molecule has 0 N–H and O–H groups in total. The molecule has 0 spiro atoms. The van der Waals surface area contributed by atoms with Crippen molar-refractivity contribution in [3.63, 3.8) is 0 Å². The van der Waals surface area contributed by atoms with Gasteiger partial charge in [-0.05, 0) is 18.9 Å². The number of methoxy groups -OCH3 is 1. The van der Waals surface area contributed by atoms with E-state index in [1.807, 2.05) is 36.7 Å². The minimum Gasteiger partial charge on any atom is -0.496 e. The average molecular weight is 360 g/mol. The van der Waals surface area contributed by atoms with E-state index in [-0.39, 0.29) is 6.79 Å². The number of allylic oxidation sites excluding steroid dienone is 2. The van der Waals surface area contributed by atoms with Gasteiger partial charge in [0, 0.05) is 23.2 Å². The molecule has 5 nitrogen and oxygen atoms in total. The highest BCUT2D eigenvalue weighted by Crippen LogP contribution is 2.46. The van der Waals surface area contributed by atoms with Crippen LogP contribution in [0.2, 0.25) is 0 Å². The van der Waals surface area contributed by atoms with Crippen molar-refractivity contribution in [2.24, 2.45) is 0 Å². The number of rotatable bonds is 4. The molecule has 136 valence electrons. The number of hydrogen-bond donors (Lipinski definition) is 0. The van der Waals surface area contributed by atoms with Gasteiger partial charge in [0.2, 0.25) is 6.79 Å². The van der Waals surface area contributed by atoms with E-state index < -0.39 is 0 Å². The van der Waals surface area contributed by atoms with Crippen LogP contribution in [0, 0.1) is 0 Å². The van der Waals surface area contributed by atoms with E-state index in [0.717, 1.165) is 46.9 Å². The molecule has 2 aliphatic rings. The predicted molar refractivity (Wildman–Crippen MR) is 103 cm³/mol. The summed E-state index contributed by atoms with van der Waals surface area (Å²) < 4.78 is 19.1. The summed E-state index contributed by atoms with van der Waals surface area (Å²) in [5, 5.41) is 0. The van der Waals surface area contributed by atoms with E-state index >= 15 is 0 Å². The van der Waals surface area contributed by atoms with E-state index in [2.05, 4.69) is 28.9 Å². The summed E-state index contributed by atoms with van der Waals surface area (Å²) in [5.74, 6) is 2.21. The van der Waals surface area contributed by atoms with E-state index in [0.29, 0.717) is 11.8 Å². The van der Waals surface area contributed by atoms with Crippen LogP contribution in [0.4, 0.5) is 0 Å². The summed E-state index contributed by atoms with van der Waals surface area (Å²) in [4.78, 5) is 4.78. The van der Waals surface area contributed by atoms with Gasteiger partial charge in [-0.2, -0.15) is 0 Å². The molecule has 0 saturated heterocycles. The van der Waals surface area contributed by atoms with Crippen molar-refractivity contribution in [1.82, 2.24) is 9.55 Å². The molecule has 1 aliphatic heterocycles. The Morgan fingerprint density at radius 3 is 2.52 bits per heavy atom. The number of aromatic nitrogens is 2. The van der Waals surface area contributed by atoms with Crippen molar-refractivity contribution in [3.8, 4) is 39.8 Å². The van der Waals surface area contributed by atoms with Gasteiger partial charge in [0.25, 0.3) is 0 Å². The van der Waals surface area contributed by atoms with Crippen molar-refractivity contribution in [2.45, 2.75) is 18.9 Å². The van der Waals surface area contributed by atoms with Crippen molar-refractivity contribution in [3.05, 3.63) is 60.9 Å². The molecular weight excluding hydrogens is 340 g/mol. The Morgan fingerprint density at radius 2 is 1.78 bits per heavy atom. The van der Waals surface area contributed by atoms with Gasteiger partial charge in [0.15, 0.2) is 11.5 Å². The summed E-state index contributed by atoms with van der Waals surface area (Å²) >= 11 is 0. The first-order valence-electron chi connectivity index (χ1n) is 9.10. The van der Waals surface area contributed by atoms with Gasteiger partial charge < -0.3 is 18.8 Å². The fourth-order valence-electron chi connectivity index (χ4n) is 3.82. The molecule has 1 aromatic heterocycles. The first-order valence-corrected chi connectivity index (χ1v) is 9.10. The fraction of sp³-hybridized carbons (Fsp3) is 0.227. The molecule has 0 fully saturated rings. The van der Waals surface area contributed by atoms with E-state index in [1.165, 1.54) is 0 Å². The topological polar surface area (TPSA) is 45.5 Å².